The van der Waals surface area contributed by atoms with Crippen molar-refractivity contribution in [3.05, 3.63) is 35.6 Å². The van der Waals surface area contributed by atoms with Crippen LogP contribution in [0.2, 0.25) is 0 Å². The van der Waals surface area contributed by atoms with Crippen LogP contribution in [0.4, 0.5) is 4.39 Å². The summed E-state index contributed by atoms with van der Waals surface area (Å²) in [5.74, 6) is -0.607. The minimum atomic E-state index is -2.42. The van der Waals surface area contributed by atoms with Crippen LogP contribution < -0.4 is 0 Å². The van der Waals surface area contributed by atoms with Gasteiger partial charge in [-0.25, -0.2) is 8.60 Å². The van der Waals surface area contributed by atoms with Gasteiger partial charge in [-0.05, 0) is 37.0 Å². The summed E-state index contributed by atoms with van der Waals surface area (Å²) in [5, 5.41) is 0. The van der Waals surface area contributed by atoms with Crippen LogP contribution in [-0.2, 0) is 20.9 Å². The van der Waals surface area contributed by atoms with Crippen molar-refractivity contribution in [2.24, 2.45) is 9.78 Å². The maximum atomic E-state index is 13.1. The Bertz CT molecular complexity index is 591. The van der Waals surface area contributed by atoms with Crippen LogP contribution in [0.15, 0.2) is 28.6 Å². The molecule has 1 fully saturated rings. The molecule has 3 nitrogen and oxygen atoms in total. The molecule has 1 aliphatic rings. The summed E-state index contributed by atoms with van der Waals surface area (Å²) < 4.78 is 28.4. The second-order valence-corrected chi connectivity index (χ2v) is 7.71. The normalized spacial score (nSPS) is 17.3. The quantitative estimate of drug-likeness (QED) is 0.846. The number of hydrogen-bond acceptors (Lipinski definition) is 2. The van der Waals surface area contributed by atoms with Crippen molar-refractivity contribution in [1.29, 1.82) is 0 Å². The SMILES string of the molecule is CS(C)(=O)=NC(=O)C1(Cc2cccc(F)c2)CC1. The highest BCUT2D eigenvalue weighted by atomic mass is 32.2. The molecule has 18 heavy (non-hydrogen) atoms. The summed E-state index contributed by atoms with van der Waals surface area (Å²) in [6.45, 7) is 0. The first kappa shape index (κ1) is 13.2. The Kier molecular flexibility index (Phi) is 3.27. The van der Waals surface area contributed by atoms with E-state index in [9.17, 15) is 13.4 Å². The van der Waals surface area contributed by atoms with Gasteiger partial charge in [0.1, 0.15) is 5.82 Å². The molecule has 5 heteroatoms. The third-order valence-corrected chi connectivity index (χ3v) is 3.65. The molecular formula is C13H16FNO2S. The molecule has 0 atom stereocenters. The van der Waals surface area contributed by atoms with Gasteiger partial charge in [-0.15, -0.1) is 0 Å². The summed E-state index contributed by atoms with van der Waals surface area (Å²) in [6.07, 6.45) is 4.84. The highest BCUT2D eigenvalue weighted by molar-refractivity contribution is 7.92. The molecule has 1 amide bonds. The Morgan fingerprint density at radius 3 is 2.61 bits per heavy atom. The molecule has 0 heterocycles. The first-order valence-electron chi connectivity index (χ1n) is 5.77. The van der Waals surface area contributed by atoms with Crippen molar-refractivity contribution >= 4 is 15.6 Å². The molecule has 0 bridgehead atoms. The fourth-order valence-electron chi connectivity index (χ4n) is 1.95. The molecular weight excluding hydrogens is 253 g/mol. The Labute approximate surface area is 107 Å². The minimum absolute atomic E-state index is 0.303. The van der Waals surface area contributed by atoms with E-state index in [1.807, 2.05) is 0 Å². The monoisotopic (exact) mass is 269 g/mol. The molecule has 2 rings (SSSR count). The Balaban J connectivity index is 2.19. The first-order valence-corrected chi connectivity index (χ1v) is 8.10. The van der Waals surface area contributed by atoms with E-state index in [-0.39, 0.29) is 11.7 Å². The Hall–Kier alpha value is -1.23. The van der Waals surface area contributed by atoms with Crippen molar-refractivity contribution in [2.45, 2.75) is 19.3 Å². The van der Waals surface area contributed by atoms with E-state index < -0.39 is 15.1 Å². The molecule has 1 aromatic rings. The largest absolute Gasteiger partial charge is 0.271 e. The van der Waals surface area contributed by atoms with Crippen LogP contribution in [0.3, 0.4) is 0 Å². The zero-order valence-electron chi connectivity index (χ0n) is 10.5. The van der Waals surface area contributed by atoms with E-state index in [1.54, 1.807) is 12.1 Å². The van der Waals surface area contributed by atoms with Crippen molar-refractivity contribution in [3.8, 4) is 0 Å². The highest BCUT2D eigenvalue weighted by Gasteiger charge is 2.49. The lowest BCUT2D eigenvalue weighted by molar-refractivity contribution is -0.122. The summed E-state index contributed by atoms with van der Waals surface area (Å²) in [7, 11) is -2.42. The van der Waals surface area contributed by atoms with Gasteiger partial charge in [0.25, 0.3) is 5.91 Å². The van der Waals surface area contributed by atoms with E-state index in [1.165, 1.54) is 24.6 Å². The molecule has 1 aliphatic carbocycles. The average Bonchev–Trinajstić information content (AvgIpc) is 2.96. The Morgan fingerprint density at radius 2 is 2.11 bits per heavy atom. The second kappa shape index (κ2) is 4.46. The lowest BCUT2D eigenvalue weighted by Crippen LogP contribution is -2.18. The number of carbonyl (C=O) groups is 1. The average molecular weight is 269 g/mol. The van der Waals surface area contributed by atoms with Crippen molar-refractivity contribution < 1.29 is 13.4 Å². The van der Waals surface area contributed by atoms with Gasteiger partial charge in [0.05, 0.1) is 5.41 Å². The van der Waals surface area contributed by atoms with E-state index in [0.717, 1.165) is 18.4 Å². The van der Waals surface area contributed by atoms with Crippen LogP contribution in [0.25, 0.3) is 0 Å². The Morgan fingerprint density at radius 1 is 1.44 bits per heavy atom. The van der Waals surface area contributed by atoms with Crippen LogP contribution in [0, 0.1) is 11.2 Å². The van der Waals surface area contributed by atoms with Gasteiger partial charge in [0.15, 0.2) is 0 Å². The van der Waals surface area contributed by atoms with Crippen LogP contribution in [-0.4, -0.2) is 22.6 Å². The molecule has 0 aliphatic heterocycles. The van der Waals surface area contributed by atoms with Gasteiger partial charge in [-0.2, -0.15) is 4.36 Å². The molecule has 0 saturated heterocycles. The smallest absolute Gasteiger partial charge is 0.260 e. The summed E-state index contributed by atoms with van der Waals surface area (Å²) in [5.41, 5.74) is 0.248. The molecule has 0 N–H and O–H groups in total. The van der Waals surface area contributed by atoms with Crippen molar-refractivity contribution in [3.63, 3.8) is 0 Å². The van der Waals surface area contributed by atoms with Gasteiger partial charge in [0.2, 0.25) is 0 Å². The van der Waals surface area contributed by atoms with Crippen LogP contribution in [0.5, 0.6) is 0 Å². The highest BCUT2D eigenvalue weighted by Crippen LogP contribution is 2.49. The van der Waals surface area contributed by atoms with E-state index in [2.05, 4.69) is 4.36 Å². The maximum absolute atomic E-state index is 13.1. The number of amides is 1. The third-order valence-electron chi connectivity index (χ3n) is 3.04. The summed E-state index contributed by atoms with van der Waals surface area (Å²) >= 11 is 0. The van der Waals surface area contributed by atoms with Gasteiger partial charge < -0.3 is 0 Å². The zero-order valence-corrected chi connectivity index (χ0v) is 11.3. The van der Waals surface area contributed by atoms with Crippen LogP contribution >= 0.6 is 0 Å². The summed E-state index contributed by atoms with van der Waals surface area (Å²) in [6, 6.07) is 6.24. The van der Waals surface area contributed by atoms with E-state index in [4.69, 9.17) is 0 Å². The van der Waals surface area contributed by atoms with Crippen molar-refractivity contribution in [2.75, 3.05) is 12.5 Å². The number of rotatable bonds is 3. The van der Waals surface area contributed by atoms with Gasteiger partial charge in [-0.1, -0.05) is 12.1 Å². The number of halogens is 1. The van der Waals surface area contributed by atoms with E-state index >= 15 is 0 Å². The number of benzene rings is 1. The molecule has 1 saturated carbocycles. The van der Waals surface area contributed by atoms with Crippen LogP contribution in [0.1, 0.15) is 18.4 Å². The molecule has 0 spiro atoms. The van der Waals surface area contributed by atoms with Gasteiger partial charge >= 0.3 is 0 Å². The number of carbonyl (C=O) groups excluding carboxylic acids is 1. The number of hydrogen-bond donors (Lipinski definition) is 0. The molecule has 98 valence electrons. The standard InChI is InChI=1S/C13H16FNO2S/c1-18(2,17)15-12(16)13(6-7-13)9-10-4-3-5-11(14)8-10/h3-5,8H,6-7,9H2,1-2H3. The molecule has 0 aromatic heterocycles. The lowest BCUT2D eigenvalue weighted by atomic mass is 9.96. The maximum Gasteiger partial charge on any atom is 0.260 e. The first-order chi connectivity index (χ1) is 8.31. The third kappa shape index (κ3) is 3.16. The zero-order chi connectivity index (χ0) is 13.4. The van der Waals surface area contributed by atoms with Gasteiger partial charge in [-0.3, -0.25) is 4.79 Å². The predicted octanol–water partition coefficient (Wildman–Crippen LogP) is 2.40. The summed E-state index contributed by atoms with van der Waals surface area (Å²) in [4.78, 5) is 12.0. The predicted molar refractivity (Wildman–Crippen MR) is 69.2 cm³/mol. The second-order valence-electron chi connectivity index (χ2n) is 5.16. The molecule has 0 unspecified atom stereocenters. The number of nitrogens with zero attached hydrogens (tertiary/aromatic N) is 1. The van der Waals surface area contributed by atoms with Gasteiger partial charge in [0, 0.05) is 22.2 Å². The molecule has 0 radical (unpaired) electrons. The van der Waals surface area contributed by atoms with Crippen molar-refractivity contribution in [1.82, 2.24) is 0 Å². The van der Waals surface area contributed by atoms with E-state index in [0.29, 0.717) is 6.42 Å². The fourth-order valence-corrected chi connectivity index (χ4v) is 2.54. The molecule has 1 aromatic carbocycles. The fraction of sp³-hybridized carbons (Fsp3) is 0.462. The topological polar surface area (TPSA) is 46.5 Å². The minimum Gasteiger partial charge on any atom is -0.271 e. The lowest BCUT2D eigenvalue weighted by Gasteiger charge is -2.11.